The van der Waals surface area contributed by atoms with Crippen LogP contribution in [0.3, 0.4) is 0 Å². The van der Waals surface area contributed by atoms with Gasteiger partial charge in [0.15, 0.2) is 0 Å². The van der Waals surface area contributed by atoms with Gasteiger partial charge >= 0.3 is 0 Å². The number of ether oxygens (including phenoxy) is 1. The highest BCUT2D eigenvalue weighted by atomic mass is 19.1. The Labute approximate surface area is 105 Å². The maximum Gasteiger partial charge on any atom is 0.146 e. The SMILES string of the molecule is C[C@H](N)c1ccc(OCc2nccn2C)cc1F. The minimum atomic E-state index is -0.345. The van der Waals surface area contributed by atoms with Crippen molar-refractivity contribution in [2.24, 2.45) is 12.8 Å². The first-order valence-corrected chi connectivity index (χ1v) is 5.72. The van der Waals surface area contributed by atoms with Crippen molar-refractivity contribution in [1.82, 2.24) is 9.55 Å². The first-order valence-electron chi connectivity index (χ1n) is 5.72. The van der Waals surface area contributed by atoms with Crippen molar-refractivity contribution in [1.29, 1.82) is 0 Å². The highest BCUT2D eigenvalue weighted by Gasteiger charge is 2.08. The molecular formula is C13H16FN3O. The van der Waals surface area contributed by atoms with Crippen LogP contribution in [0.5, 0.6) is 5.75 Å². The molecule has 0 saturated carbocycles. The zero-order valence-electron chi connectivity index (χ0n) is 10.4. The number of nitrogens with zero attached hydrogens (tertiary/aromatic N) is 2. The van der Waals surface area contributed by atoms with Gasteiger partial charge in [-0.3, -0.25) is 0 Å². The number of aromatic nitrogens is 2. The Hall–Kier alpha value is -1.88. The maximum absolute atomic E-state index is 13.7. The van der Waals surface area contributed by atoms with Gasteiger partial charge in [-0.2, -0.15) is 0 Å². The minimum Gasteiger partial charge on any atom is -0.486 e. The summed E-state index contributed by atoms with van der Waals surface area (Å²) in [7, 11) is 1.88. The van der Waals surface area contributed by atoms with Gasteiger partial charge in [0.2, 0.25) is 0 Å². The van der Waals surface area contributed by atoms with E-state index in [1.807, 2.05) is 17.8 Å². The van der Waals surface area contributed by atoms with E-state index in [1.165, 1.54) is 6.07 Å². The molecule has 1 aromatic heterocycles. The van der Waals surface area contributed by atoms with E-state index in [-0.39, 0.29) is 11.9 Å². The minimum absolute atomic E-state index is 0.306. The number of hydrogen-bond donors (Lipinski definition) is 1. The molecule has 1 aromatic carbocycles. The van der Waals surface area contributed by atoms with E-state index in [9.17, 15) is 4.39 Å². The number of imidazole rings is 1. The number of nitrogens with two attached hydrogens (primary N) is 1. The molecule has 2 N–H and O–H groups in total. The molecule has 96 valence electrons. The molecule has 0 spiro atoms. The molecule has 18 heavy (non-hydrogen) atoms. The van der Waals surface area contributed by atoms with Gasteiger partial charge in [-0.25, -0.2) is 9.37 Å². The van der Waals surface area contributed by atoms with Crippen LogP contribution < -0.4 is 10.5 Å². The lowest BCUT2D eigenvalue weighted by Crippen LogP contribution is -2.08. The van der Waals surface area contributed by atoms with Crippen LogP contribution in [-0.2, 0) is 13.7 Å². The molecule has 0 aliphatic heterocycles. The predicted octanol–water partition coefficient (Wildman–Crippen LogP) is 2.16. The van der Waals surface area contributed by atoms with Crippen LogP contribution in [0, 0.1) is 5.82 Å². The van der Waals surface area contributed by atoms with Crippen molar-refractivity contribution in [2.75, 3.05) is 0 Å². The first-order chi connectivity index (χ1) is 8.58. The highest BCUT2D eigenvalue weighted by molar-refractivity contribution is 5.30. The average Bonchev–Trinajstić information content (AvgIpc) is 2.72. The predicted molar refractivity (Wildman–Crippen MR) is 66.5 cm³/mol. The third-order valence-electron chi connectivity index (χ3n) is 2.75. The summed E-state index contributed by atoms with van der Waals surface area (Å²) >= 11 is 0. The molecule has 0 saturated heterocycles. The van der Waals surface area contributed by atoms with Gasteiger partial charge in [-0.15, -0.1) is 0 Å². The molecule has 5 heteroatoms. The summed E-state index contributed by atoms with van der Waals surface area (Å²) < 4.78 is 21.0. The highest BCUT2D eigenvalue weighted by Crippen LogP contribution is 2.21. The monoisotopic (exact) mass is 249 g/mol. The van der Waals surface area contributed by atoms with Crippen molar-refractivity contribution >= 4 is 0 Å². The molecule has 0 aliphatic carbocycles. The molecule has 0 bridgehead atoms. The summed E-state index contributed by atoms with van der Waals surface area (Å²) in [5, 5.41) is 0. The van der Waals surface area contributed by atoms with Gasteiger partial charge in [0.25, 0.3) is 0 Å². The molecule has 1 heterocycles. The van der Waals surface area contributed by atoms with E-state index in [0.29, 0.717) is 17.9 Å². The summed E-state index contributed by atoms with van der Waals surface area (Å²) in [4.78, 5) is 4.12. The van der Waals surface area contributed by atoms with E-state index in [2.05, 4.69) is 4.98 Å². The van der Waals surface area contributed by atoms with Crippen LogP contribution in [0.4, 0.5) is 4.39 Å². The fourth-order valence-electron chi connectivity index (χ4n) is 1.65. The van der Waals surface area contributed by atoms with Gasteiger partial charge < -0.3 is 15.0 Å². The van der Waals surface area contributed by atoms with Crippen molar-refractivity contribution in [3.63, 3.8) is 0 Å². The molecular weight excluding hydrogens is 233 g/mol. The lowest BCUT2D eigenvalue weighted by atomic mass is 10.1. The number of rotatable bonds is 4. The molecule has 0 radical (unpaired) electrons. The summed E-state index contributed by atoms with van der Waals surface area (Å²) in [6.07, 6.45) is 3.52. The van der Waals surface area contributed by atoms with Crippen LogP contribution in [0.25, 0.3) is 0 Å². The Bertz CT molecular complexity index is 537. The molecule has 0 amide bonds. The Morgan fingerprint density at radius 3 is 2.83 bits per heavy atom. The summed E-state index contributed by atoms with van der Waals surface area (Å²) in [6, 6.07) is 4.38. The van der Waals surface area contributed by atoms with Crippen LogP contribution in [-0.4, -0.2) is 9.55 Å². The molecule has 1 atom stereocenters. The van der Waals surface area contributed by atoms with Crippen LogP contribution >= 0.6 is 0 Å². The second-order valence-electron chi connectivity index (χ2n) is 4.22. The second kappa shape index (κ2) is 5.18. The lowest BCUT2D eigenvalue weighted by Gasteiger charge is -2.10. The molecule has 0 aliphatic rings. The Morgan fingerprint density at radius 1 is 1.50 bits per heavy atom. The van der Waals surface area contributed by atoms with E-state index < -0.39 is 0 Å². The normalized spacial score (nSPS) is 12.4. The van der Waals surface area contributed by atoms with Crippen molar-refractivity contribution in [3.05, 3.63) is 47.8 Å². The lowest BCUT2D eigenvalue weighted by molar-refractivity contribution is 0.290. The largest absolute Gasteiger partial charge is 0.486 e. The van der Waals surface area contributed by atoms with E-state index >= 15 is 0 Å². The molecule has 2 rings (SSSR count). The first kappa shape index (κ1) is 12.6. The van der Waals surface area contributed by atoms with Gasteiger partial charge in [0.1, 0.15) is 24.0 Å². The fraction of sp³-hybridized carbons (Fsp3) is 0.308. The van der Waals surface area contributed by atoms with Crippen LogP contribution in [0.15, 0.2) is 30.6 Å². The number of benzene rings is 1. The van der Waals surface area contributed by atoms with E-state index in [0.717, 1.165) is 5.82 Å². The van der Waals surface area contributed by atoms with Crippen LogP contribution in [0.2, 0.25) is 0 Å². The second-order valence-corrected chi connectivity index (χ2v) is 4.22. The third-order valence-corrected chi connectivity index (χ3v) is 2.75. The number of hydrogen-bond acceptors (Lipinski definition) is 3. The molecule has 2 aromatic rings. The average molecular weight is 249 g/mol. The van der Waals surface area contributed by atoms with Gasteiger partial charge in [-0.1, -0.05) is 6.07 Å². The summed E-state index contributed by atoms with van der Waals surface area (Å²) in [5.41, 5.74) is 6.13. The quantitative estimate of drug-likeness (QED) is 0.903. The van der Waals surface area contributed by atoms with Gasteiger partial charge in [-0.05, 0) is 13.0 Å². The Kier molecular flexibility index (Phi) is 3.62. The molecule has 4 nitrogen and oxygen atoms in total. The maximum atomic E-state index is 13.7. The topological polar surface area (TPSA) is 53.1 Å². The number of halogens is 1. The van der Waals surface area contributed by atoms with E-state index in [4.69, 9.17) is 10.5 Å². The van der Waals surface area contributed by atoms with Crippen molar-refractivity contribution in [3.8, 4) is 5.75 Å². The van der Waals surface area contributed by atoms with Gasteiger partial charge in [0.05, 0.1) is 0 Å². The Morgan fingerprint density at radius 2 is 2.28 bits per heavy atom. The smallest absolute Gasteiger partial charge is 0.146 e. The van der Waals surface area contributed by atoms with Gasteiger partial charge in [0, 0.05) is 37.1 Å². The Balaban J connectivity index is 2.07. The fourth-order valence-corrected chi connectivity index (χ4v) is 1.65. The van der Waals surface area contributed by atoms with E-state index in [1.54, 1.807) is 25.3 Å². The summed E-state index contributed by atoms with van der Waals surface area (Å²) in [6.45, 7) is 2.05. The van der Waals surface area contributed by atoms with Crippen molar-refractivity contribution < 1.29 is 9.13 Å². The molecule has 0 fully saturated rings. The zero-order valence-corrected chi connectivity index (χ0v) is 10.4. The third kappa shape index (κ3) is 2.68. The zero-order chi connectivity index (χ0) is 13.1. The molecule has 0 unspecified atom stereocenters. The standard InChI is InChI=1S/C13H16FN3O/c1-9(15)11-4-3-10(7-12(11)14)18-8-13-16-5-6-17(13)2/h3-7,9H,8,15H2,1-2H3/t9-/m0/s1. The summed E-state index contributed by atoms with van der Waals surface area (Å²) in [5.74, 6) is 0.911. The van der Waals surface area contributed by atoms with Crippen LogP contribution in [0.1, 0.15) is 24.4 Å². The van der Waals surface area contributed by atoms with Crippen molar-refractivity contribution in [2.45, 2.75) is 19.6 Å². The number of aryl methyl sites for hydroxylation is 1.